The van der Waals surface area contributed by atoms with Crippen LogP contribution >= 0.6 is 15.9 Å². The number of Topliss-reactive ketones (excluding diaryl/α,β-unsaturated/α-hetero) is 1. The van der Waals surface area contributed by atoms with E-state index in [-0.39, 0.29) is 40.3 Å². The second-order valence-corrected chi connectivity index (χ2v) is 16.2. The molecule has 1 N–H and O–H groups in total. The number of rotatable bonds is 8. The van der Waals surface area contributed by atoms with Crippen LogP contribution in [0.3, 0.4) is 0 Å². The lowest BCUT2D eigenvalue weighted by atomic mass is 9.42. The van der Waals surface area contributed by atoms with E-state index in [1.807, 2.05) is 18.2 Å². The molecule has 0 saturated heterocycles. The average Bonchev–Trinajstić information content (AvgIpc) is 3.30. The number of aliphatic hydroxyl groups is 1. The van der Waals surface area contributed by atoms with Gasteiger partial charge in [0.25, 0.3) is 0 Å². The summed E-state index contributed by atoms with van der Waals surface area (Å²) in [5.41, 5.74) is -1.22. The number of carbonyl (C=O) groups is 2. The Morgan fingerprint density at radius 1 is 1.02 bits per heavy atom. The monoisotopic (exact) mass is 628 g/mol. The van der Waals surface area contributed by atoms with E-state index in [1.54, 1.807) is 12.1 Å². The fourth-order valence-corrected chi connectivity index (χ4v) is 11.6. The highest BCUT2D eigenvalue weighted by atomic mass is 79.9. The summed E-state index contributed by atoms with van der Waals surface area (Å²) in [6.45, 7) is 14.3. The Morgan fingerprint density at radius 2 is 1.73 bits per heavy atom. The molecule has 4 aliphatic rings. The Hall–Kier alpha value is -1.20. The van der Waals surface area contributed by atoms with Crippen LogP contribution < -0.4 is 0 Å². The molecule has 4 fully saturated rings. The van der Waals surface area contributed by atoms with Crippen molar-refractivity contribution < 1.29 is 19.4 Å². The number of hydrogen-bond donors (Lipinski definition) is 1. The number of esters is 1. The molecule has 0 aliphatic heterocycles. The zero-order chi connectivity index (χ0) is 29.7. The average molecular weight is 630 g/mol. The number of benzene rings is 1. The van der Waals surface area contributed by atoms with Crippen LogP contribution in [-0.4, -0.2) is 33.4 Å². The molecule has 0 unspecified atom stereocenters. The first-order valence-electron chi connectivity index (χ1n) is 16.5. The van der Waals surface area contributed by atoms with Crippen molar-refractivity contribution in [3.63, 3.8) is 0 Å². The fourth-order valence-electron chi connectivity index (χ4n) is 10.5. The fraction of sp³-hybridized carbons (Fsp3) is 0.778. The molecule has 11 atom stereocenters. The largest absolute Gasteiger partial charge is 0.459 e. The summed E-state index contributed by atoms with van der Waals surface area (Å²) in [7, 11) is 0. The Bertz CT molecular complexity index is 1100. The molecule has 41 heavy (non-hydrogen) atoms. The SMILES string of the molecule is CC[C@H](CC[C@@H](C)[C@H]1CC[C@H]2[C@@H]3[C@H](Br)C(=O)[C@@]4(O)C[C@@H](OC(=O)c5ccccc5)CC[C@]4(C)[C@H]3CC[C@]12C)C(C)C. The summed E-state index contributed by atoms with van der Waals surface area (Å²) in [6.07, 6.45) is 9.72. The van der Waals surface area contributed by atoms with Gasteiger partial charge in [0.05, 0.1) is 10.4 Å². The van der Waals surface area contributed by atoms with Gasteiger partial charge < -0.3 is 9.84 Å². The van der Waals surface area contributed by atoms with Gasteiger partial charge in [-0.1, -0.05) is 88.5 Å². The zero-order valence-corrected chi connectivity index (χ0v) is 27.8. The molecule has 4 nitrogen and oxygen atoms in total. The van der Waals surface area contributed by atoms with E-state index in [0.29, 0.717) is 36.2 Å². The first-order valence-corrected chi connectivity index (χ1v) is 17.5. The van der Waals surface area contributed by atoms with Gasteiger partial charge in [-0.2, -0.15) is 0 Å². The molecule has 4 saturated carbocycles. The molecule has 4 aliphatic carbocycles. The minimum absolute atomic E-state index is 0.0785. The van der Waals surface area contributed by atoms with E-state index in [9.17, 15) is 14.7 Å². The van der Waals surface area contributed by atoms with Gasteiger partial charge in [-0.25, -0.2) is 4.79 Å². The summed E-state index contributed by atoms with van der Waals surface area (Å²) in [6, 6.07) is 9.00. The van der Waals surface area contributed by atoms with Crippen molar-refractivity contribution in [2.24, 2.45) is 52.3 Å². The van der Waals surface area contributed by atoms with Crippen LogP contribution in [0.4, 0.5) is 0 Å². The van der Waals surface area contributed by atoms with Crippen molar-refractivity contribution in [3.8, 4) is 0 Å². The van der Waals surface area contributed by atoms with Gasteiger partial charge in [0, 0.05) is 11.8 Å². The second-order valence-electron chi connectivity index (χ2n) is 15.2. The molecule has 0 radical (unpaired) electrons. The maximum atomic E-state index is 14.2. The minimum atomic E-state index is -1.48. The Labute approximate surface area is 256 Å². The Morgan fingerprint density at radius 3 is 2.39 bits per heavy atom. The number of ketones is 1. The molecule has 1 aromatic rings. The maximum absolute atomic E-state index is 14.2. The third-order valence-corrected chi connectivity index (χ3v) is 14.1. The van der Waals surface area contributed by atoms with Gasteiger partial charge in [0.1, 0.15) is 11.7 Å². The third-order valence-electron chi connectivity index (χ3n) is 13.1. The summed E-state index contributed by atoms with van der Waals surface area (Å²) in [5, 5.41) is 12.2. The van der Waals surface area contributed by atoms with Crippen LogP contribution in [0.1, 0.15) is 116 Å². The normalized spacial score (nSPS) is 41.7. The summed E-state index contributed by atoms with van der Waals surface area (Å²) in [5.74, 6) is 3.55. The number of fused-ring (bicyclic) bond motifs is 5. The molecular formula is C36H53BrO4. The molecule has 1 aromatic carbocycles. The van der Waals surface area contributed by atoms with Crippen molar-refractivity contribution >= 4 is 27.7 Å². The predicted molar refractivity (Wildman–Crippen MR) is 168 cm³/mol. The van der Waals surface area contributed by atoms with Crippen LogP contribution in [0.5, 0.6) is 0 Å². The van der Waals surface area contributed by atoms with Gasteiger partial charge in [0.15, 0.2) is 5.78 Å². The summed E-state index contributed by atoms with van der Waals surface area (Å²) >= 11 is 3.90. The van der Waals surface area contributed by atoms with E-state index >= 15 is 0 Å². The van der Waals surface area contributed by atoms with Gasteiger partial charge in [0.2, 0.25) is 0 Å². The number of ether oxygens (including phenoxy) is 1. The van der Waals surface area contributed by atoms with Crippen LogP contribution in [0.25, 0.3) is 0 Å². The molecular weight excluding hydrogens is 576 g/mol. The van der Waals surface area contributed by atoms with E-state index in [4.69, 9.17) is 4.74 Å². The first-order chi connectivity index (χ1) is 19.4. The topological polar surface area (TPSA) is 63.6 Å². The minimum Gasteiger partial charge on any atom is -0.459 e. The molecule has 0 heterocycles. The lowest BCUT2D eigenvalue weighted by molar-refractivity contribution is -0.211. The van der Waals surface area contributed by atoms with Gasteiger partial charge in [-0.05, 0) is 104 Å². The Balaban J connectivity index is 1.33. The van der Waals surface area contributed by atoms with Crippen LogP contribution in [0.15, 0.2) is 30.3 Å². The van der Waals surface area contributed by atoms with Crippen molar-refractivity contribution in [3.05, 3.63) is 35.9 Å². The zero-order valence-electron chi connectivity index (χ0n) is 26.2. The van der Waals surface area contributed by atoms with E-state index in [2.05, 4.69) is 57.5 Å². The number of alkyl halides is 1. The summed E-state index contributed by atoms with van der Waals surface area (Å²) in [4.78, 5) is 26.7. The van der Waals surface area contributed by atoms with E-state index in [1.165, 1.54) is 38.5 Å². The van der Waals surface area contributed by atoms with Gasteiger partial charge >= 0.3 is 5.97 Å². The number of halogens is 1. The van der Waals surface area contributed by atoms with Crippen molar-refractivity contribution in [2.45, 2.75) is 122 Å². The highest BCUT2D eigenvalue weighted by molar-refractivity contribution is 9.10. The van der Waals surface area contributed by atoms with Crippen LogP contribution in [0.2, 0.25) is 0 Å². The highest BCUT2D eigenvalue weighted by Gasteiger charge is 2.70. The third kappa shape index (κ3) is 5.17. The van der Waals surface area contributed by atoms with Gasteiger partial charge in [-0.15, -0.1) is 0 Å². The van der Waals surface area contributed by atoms with Crippen molar-refractivity contribution in [1.82, 2.24) is 0 Å². The lowest BCUT2D eigenvalue weighted by Crippen LogP contribution is -2.70. The standard InChI is InChI=1S/C36H53BrO4/c1-7-24(22(2)3)14-13-23(4)27-15-16-28-30-29(18-19-34(27,28)5)35(6)20-17-26(21-36(35,40)32(38)31(30)37)41-33(39)25-11-9-8-10-12-25/h8-12,22-24,26-31,40H,7,13-21H2,1-6H3/t23-,24-,26+,27-,28+,29+,30+,31+,34-,35-,36+/m1/s1. The molecule has 0 spiro atoms. The number of hydrogen-bond acceptors (Lipinski definition) is 4. The Kier molecular flexibility index (Phi) is 8.92. The van der Waals surface area contributed by atoms with Crippen molar-refractivity contribution in [1.29, 1.82) is 0 Å². The van der Waals surface area contributed by atoms with Crippen LogP contribution in [-0.2, 0) is 9.53 Å². The molecule has 0 bridgehead atoms. The molecule has 0 aromatic heterocycles. The van der Waals surface area contributed by atoms with Crippen molar-refractivity contribution in [2.75, 3.05) is 0 Å². The first kappa shape index (κ1) is 31.2. The lowest BCUT2D eigenvalue weighted by Gasteiger charge is -2.64. The smallest absolute Gasteiger partial charge is 0.338 e. The van der Waals surface area contributed by atoms with E-state index < -0.39 is 17.1 Å². The molecule has 5 rings (SSSR count). The van der Waals surface area contributed by atoms with Gasteiger partial charge in [-0.3, -0.25) is 4.79 Å². The molecule has 0 amide bonds. The predicted octanol–water partition coefficient (Wildman–Crippen LogP) is 8.64. The maximum Gasteiger partial charge on any atom is 0.338 e. The quantitative estimate of drug-likeness (QED) is 0.231. The second kappa shape index (κ2) is 11.7. The van der Waals surface area contributed by atoms with E-state index in [0.717, 1.165) is 18.3 Å². The highest BCUT2D eigenvalue weighted by Crippen LogP contribution is 2.69. The van der Waals surface area contributed by atoms with Crippen LogP contribution in [0, 0.1) is 52.3 Å². The molecule has 5 heteroatoms. The summed E-state index contributed by atoms with van der Waals surface area (Å²) < 4.78 is 5.88. The number of carbonyl (C=O) groups excluding carboxylic acids is 2. The molecule has 228 valence electrons.